The van der Waals surface area contributed by atoms with E-state index >= 15 is 0 Å². The van der Waals surface area contributed by atoms with Gasteiger partial charge in [0.1, 0.15) is 6.61 Å². The second-order valence-electron chi connectivity index (χ2n) is 6.77. The molecule has 3 aromatic rings. The number of fused-ring (bicyclic) bond motifs is 1. The fraction of sp³-hybridized carbons (Fsp3) is 0.0455. The summed E-state index contributed by atoms with van der Waals surface area (Å²) in [5.41, 5.74) is 0.667. The van der Waals surface area contributed by atoms with Crippen LogP contribution < -0.4 is 4.90 Å². The molecule has 1 aliphatic heterocycles. The number of amides is 2. The smallest absolute Gasteiger partial charge is 0.340 e. The normalized spacial score (nSPS) is 12.6. The first-order valence-corrected chi connectivity index (χ1v) is 9.91. The Morgan fingerprint density at radius 1 is 0.938 bits per heavy atom. The summed E-state index contributed by atoms with van der Waals surface area (Å²) in [6.45, 7) is -0.154. The van der Waals surface area contributed by atoms with Crippen LogP contribution in [0.5, 0.6) is 0 Å². The van der Waals surface area contributed by atoms with Crippen molar-refractivity contribution in [1.29, 1.82) is 0 Å². The summed E-state index contributed by atoms with van der Waals surface area (Å²) in [7, 11) is 0. The zero-order valence-corrected chi connectivity index (χ0v) is 17.6. The molecule has 0 N–H and O–H groups in total. The molecule has 0 radical (unpaired) electrons. The summed E-state index contributed by atoms with van der Waals surface area (Å²) >= 11 is 12.0. The Kier molecular flexibility index (Phi) is 5.65. The van der Waals surface area contributed by atoms with Gasteiger partial charge in [-0.25, -0.2) is 9.69 Å². The van der Waals surface area contributed by atoms with Crippen LogP contribution in [0.1, 0.15) is 36.6 Å². The number of carbonyl (C=O) groups excluding carboxylic acids is 3. The number of rotatable bonds is 5. The molecule has 0 unspecified atom stereocenters. The first-order valence-electron chi connectivity index (χ1n) is 9.15. The summed E-state index contributed by atoms with van der Waals surface area (Å²) in [4.78, 5) is 49.6. The molecule has 0 fully saturated rings. The van der Waals surface area contributed by atoms with Crippen molar-refractivity contribution in [3.8, 4) is 0 Å². The van der Waals surface area contributed by atoms with Crippen LogP contribution in [-0.2, 0) is 11.3 Å². The van der Waals surface area contributed by atoms with Crippen LogP contribution in [-0.4, -0.2) is 22.7 Å². The maximum Gasteiger partial charge on any atom is 0.340 e. The Morgan fingerprint density at radius 3 is 2.06 bits per heavy atom. The number of imide groups is 1. The molecular weight excluding hydrogens is 459 g/mol. The number of benzene rings is 3. The van der Waals surface area contributed by atoms with Crippen molar-refractivity contribution in [2.75, 3.05) is 4.90 Å². The molecule has 32 heavy (non-hydrogen) atoms. The molecule has 1 aliphatic rings. The molecule has 0 aromatic heterocycles. The number of para-hydroxylation sites is 1. The summed E-state index contributed by atoms with van der Waals surface area (Å²) < 4.78 is 5.30. The Morgan fingerprint density at radius 2 is 1.50 bits per heavy atom. The zero-order valence-electron chi connectivity index (χ0n) is 16.1. The Hall–Kier alpha value is -3.75. The lowest BCUT2D eigenvalue weighted by Gasteiger charge is -2.17. The minimum absolute atomic E-state index is 0.00103. The fourth-order valence-corrected chi connectivity index (χ4v) is 3.56. The number of hydrogen-bond acceptors (Lipinski definition) is 6. The van der Waals surface area contributed by atoms with Gasteiger partial charge in [0, 0.05) is 12.1 Å². The third-order valence-electron chi connectivity index (χ3n) is 4.81. The lowest BCUT2D eigenvalue weighted by molar-refractivity contribution is -0.384. The van der Waals surface area contributed by atoms with Gasteiger partial charge in [0.05, 0.1) is 37.3 Å². The van der Waals surface area contributed by atoms with Crippen molar-refractivity contribution in [3.63, 3.8) is 0 Å². The number of nitro benzene ring substituents is 1. The van der Waals surface area contributed by atoms with E-state index in [9.17, 15) is 24.5 Å². The molecule has 160 valence electrons. The van der Waals surface area contributed by atoms with Crippen molar-refractivity contribution in [2.45, 2.75) is 6.61 Å². The first-order chi connectivity index (χ1) is 15.3. The van der Waals surface area contributed by atoms with E-state index in [1.807, 2.05) is 0 Å². The van der Waals surface area contributed by atoms with Crippen molar-refractivity contribution < 1.29 is 24.0 Å². The van der Waals surface area contributed by atoms with E-state index in [4.69, 9.17) is 27.9 Å². The summed E-state index contributed by atoms with van der Waals surface area (Å²) in [6.07, 6.45) is 0. The van der Waals surface area contributed by atoms with E-state index in [0.717, 1.165) is 4.90 Å². The van der Waals surface area contributed by atoms with E-state index in [-0.39, 0.29) is 44.7 Å². The molecular formula is C22H12Cl2N2O6. The predicted molar refractivity (Wildman–Crippen MR) is 116 cm³/mol. The number of hydrogen-bond donors (Lipinski definition) is 0. The highest BCUT2D eigenvalue weighted by atomic mass is 35.5. The highest BCUT2D eigenvalue weighted by Crippen LogP contribution is 2.35. The van der Waals surface area contributed by atoms with Crippen molar-refractivity contribution in [3.05, 3.63) is 103 Å². The second-order valence-corrected chi connectivity index (χ2v) is 7.59. The molecule has 0 spiro atoms. The Bertz CT molecular complexity index is 1250. The van der Waals surface area contributed by atoms with Crippen LogP contribution in [0.15, 0.2) is 60.7 Å². The van der Waals surface area contributed by atoms with E-state index in [1.165, 1.54) is 48.5 Å². The standard InChI is InChI=1S/C22H12Cl2N2O6/c23-17-9-15-16(10-18(17)24)21(28)25(20(15)27)19-4-2-1-3-14(19)22(29)32-11-12-5-7-13(8-6-12)26(30)31/h1-10H,11H2. The van der Waals surface area contributed by atoms with Gasteiger partial charge in [0.2, 0.25) is 0 Å². The zero-order chi connectivity index (χ0) is 23.0. The van der Waals surface area contributed by atoms with Crippen molar-refractivity contribution in [1.82, 2.24) is 0 Å². The number of ether oxygens (including phenoxy) is 1. The van der Waals surface area contributed by atoms with Gasteiger partial charge < -0.3 is 4.74 Å². The number of halogens is 2. The summed E-state index contributed by atoms with van der Waals surface area (Å²) in [6, 6.07) is 14.2. The minimum Gasteiger partial charge on any atom is -0.457 e. The minimum atomic E-state index is -0.772. The molecule has 0 saturated carbocycles. The van der Waals surface area contributed by atoms with Gasteiger partial charge >= 0.3 is 5.97 Å². The maximum absolute atomic E-state index is 12.9. The van der Waals surface area contributed by atoms with Gasteiger partial charge in [0.15, 0.2) is 0 Å². The molecule has 2 amide bonds. The SMILES string of the molecule is O=C(OCc1ccc([N+](=O)[O-])cc1)c1ccccc1N1C(=O)c2cc(Cl)c(Cl)cc2C1=O. The van der Waals surface area contributed by atoms with Gasteiger partial charge in [0.25, 0.3) is 17.5 Å². The lowest BCUT2D eigenvalue weighted by Crippen LogP contribution is -2.31. The maximum atomic E-state index is 12.9. The molecule has 0 atom stereocenters. The van der Waals surface area contributed by atoms with Crippen LogP contribution in [0, 0.1) is 10.1 Å². The van der Waals surface area contributed by atoms with Gasteiger partial charge in [-0.3, -0.25) is 19.7 Å². The number of nitro groups is 1. The monoisotopic (exact) mass is 470 g/mol. The third kappa shape index (κ3) is 3.81. The largest absolute Gasteiger partial charge is 0.457 e. The highest BCUT2D eigenvalue weighted by Gasteiger charge is 2.39. The Balaban J connectivity index is 1.59. The number of esters is 1. The van der Waals surface area contributed by atoms with Crippen molar-refractivity contribution in [2.24, 2.45) is 0 Å². The average molecular weight is 471 g/mol. The van der Waals surface area contributed by atoms with Gasteiger partial charge in [-0.2, -0.15) is 0 Å². The molecule has 0 bridgehead atoms. The van der Waals surface area contributed by atoms with E-state index in [0.29, 0.717) is 5.56 Å². The van der Waals surface area contributed by atoms with E-state index in [2.05, 4.69) is 0 Å². The van der Waals surface area contributed by atoms with Gasteiger partial charge in [-0.1, -0.05) is 35.3 Å². The first kappa shape index (κ1) is 21.5. The van der Waals surface area contributed by atoms with Gasteiger partial charge in [-0.15, -0.1) is 0 Å². The van der Waals surface area contributed by atoms with Crippen LogP contribution in [0.3, 0.4) is 0 Å². The third-order valence-corrected chi connectivity index (χ3v) is 5.53. The van der Waals surface area contributed by atoms with Crippen LogP contribution in [0.25, 0.3) is 0 Å². The molecule has 4 rings (SSSR count). The molecule has 8 nitrogen and oxygen atoms in total. The lowest BCUT2D eigenvalue weighted by atomic mass is 10.1. The number of non-ortho nitro benzene ring substituents is 1. The van der Waals surface area contributed by atoms with E-state index in [1.54, 1.807) is 12.1 Å². The molecule has 0 aliphatic carbocycles. The average Bonchev–Trinajstić information content (AvgIpc) is 3.02. The highest BCUT2D eigenvalue weighted by molar-refractivity contribution is 6.44. The number of carbonyl (C=O) groups is 3. The second kappa shape index (κ2) is 8.41. The van der Waals surface area contributed by atoms with Crippen LogP contribution in [0.4, 0.5) is 11.4 Å². The topological polar surface area (TPSA) is 107 Å². The van der Waals surface area contributed by atoms with Crippen LogP contribution >= 0.6 is 23.2 Å². The molecule has 3 aromatic carbocycles. The number of nitrogens with zero attached hydrogens (tertiary/aromatic N) is 2. The quantitative estimate of drug-likeness (QED) is 0.223. The summed E-state index contributed by atoms with van der Waals surface area (Å²) in [5.74, 6) is -2.05. The molecule has 0 saturated heterocycles. The van der Waals surface area contributed by atoms with Crippen molar-refractivity contribution >= 4 is 52.4 Å². The predicted octanol–water partition coefficient (Wildman–Crippen LogP) is 5.06. The molecule has 1 heterocycles. The van der Waals surface area contributed by atoms with E-state index < -0.39 is 22.7 Å². The molecule has 10 heteroatoms. The van der Waals surface area contributed by atoms with Gasteiger partial charge in [-0.05, 0) is 42.0 Å². The fourth-order valence-electron chi connectivity index (χ4n) is 3.23. The Labute approximate surface area is 191 Å². The summed E-state index contributed by atoms with van der Waals surface area (Å²) in [5, 5.41) is 11.0. The van der Waals surface area contributed by atoms with Crippen LogP contribution in [0.2, 0.25) is 10.0 Å². The number of anilines is 1.